The Morgan fingerprint density at radius 3 is 2.35 bits per heavy atom. The third-order valence-corrected chi connectivity index (χ3v) is 4.68. The number of hydrogen-bond acceptors (Lipinski definition) is 6. The normalized spacial score (nSPS) is 11.7. The van der Waals surface area contributed by atoms with Crippen molar-refractivity contribution in [1.29, 1.82) is 0 Å². The molecule has 0 aliphatic carbocycles. The van der Waals surface area contributed by atoms with Crippen LogP contribution in [0.3, 0.4) is 0 Å². The number of hydrogen-bond donors (Lipinski definition) is 1. The number of ether oxygens (including phenoxy) is 2. The summed E-state index contributed by atoms with van der Waals surface area (Å²) in [6.45, 7) is 1.67. The molecule has 4 rings (SSSR count). The lowest BCUT2D eigenvalue weighted by Gasteiger charge is -2.15. The minimum Gasteiger partial charge on any atom is -0.497 e. The van der Waals surface area contributed by atoms with Crippen molar-refractivity contribution in [2.24, 2.45) is 0 Å². The fourth-order valence-corrected chi connectivity index (χ4v) is 2.99. The molecule has 156 valence electrons. The minimum absolute atomic E-state index is 0.220. The number of carbonyl (C=O) groups excluding carboxylic acids is 1. The summed E-state index contributed by atoms with van der Waals surface area (Å²) in [7, 11) is 1.58. The zero-order valence-corrected chi connectivity index (χ0v) is 17.0. The number of amides is 1. The van der Waals surface area contributed by atoms with E-state index in [0.29, 0.717) is 33.7 Å². The van der Waals surface area contributed by atoms with Crippen LogP contribution in [-0.4, -0.2) is 24.1 Å². The van der Waals surface area contributed by atoms with E-state index < -0.39 is 11.7 Å². The molecule has 0 saturated carbocycles. The fraction of sp³-hybridized carbons (Fsp3) is 0.125. The smallest absolute Gasteiger partial charge is 0.347 e. The lowest BCUT2D eigenvalue weighted by atomic mass is 10.2. The number of nitrogens with one attached hydrogen (secondary N) is 1. The zero-order chi connectivity index (χ0) is 21.8. The van der Waals surface area contributed by atoms with Crippen LogP contribution in [-0.2, 0) is 4.79 Å². The van der Waals surface area contributed by atoms with Gasteiger partial charge in [0.25, 0.3) is 5.91 Å². The molecule has 7 nitrogen and oxygen atoms in total. The number of fused-ring (bicyclic) bond motifs is 1. The summed E-state index contributed by atoms with van der Waals surface area (Å²) in [5.74, 6) is 1.20. The van der Waals surface area contributed by atoms with E-state index in [-0.39, 0.29) is 11.8 Å². The van der Waals surface area contributed by atoms with E-state index in [4.69, 9.17) is 13.9 Å². The predicted octanol–water partition coefficient (Wildman–Crippen LogP) is 4.27. The number of aromatic nitrogens is 1. The maximum atomic E-state index is 12.5. The molecule has 0 saturated heterocycles. The van der Waals surface area contributed by atoms with E-state index in [1.807, 2.05) is 6.07 Å². The molecule has 1 unspecified atom stereocenters. The van der Waals surface area contributed by atoms with Gasteiger partial charge in [0.2, 0.25) is 5.89 Å². The van der Waals surface area contributed by atoms with Crippen LogP contribution >= 0.6 is 0 Å². The predicted molar refractivity (Wildman–Crippen MR) is 117 cm³/mol. The first kappa shape index (κ1) is 20.2. The van der Waals surface area contributed by atoms with Crippen molar-refractivity contribution in [3.63, 3.8) is 0 Å². The fourth-order valence-electron chi connectivity index (χ4n) is 2.99. The largest absolute Gasteiger partial charge is 0.497 e. The molecule has 0 aliphatic heterocycles. The summed E-state index contributed by atoms with van der Waals surface area (Å²) < 4.78 is 16.1. The van der Waals surface area contributed by atoms with Gasteiger partial charge in [-0.15, -0.1) is 0 Å². The lowest BCUT2D eigenvalue weighted by molar-refractivity contribution is -0.122. The summed E-state index contributed by atoms with van der Waals surface area (Å²) in [5.41, 5.74) is 1.34. The van der Waals surface area contributed by atoms with Crippen LogP contribution in [0, 0.1) is 0 Å². The van der Waals surface area contributed by atoms with Crippen LogP contribution in [0.25, 0.3) is 22.4 Å². The van der Waals surface area contributed by atoms with Crippen LogP contribution in [0.15, 0.2) is 82.0 Å². The zero-order valence-electron chi connectivity index (χ0n) is 17.0. The average molecular weight is 416 g/mol. The van der Waals surface area contributed by atoms with E-state index >= 15 is 0 Å². The van der Waals surface area contributed by atoms with Gasteiger partial charge in [0, 0.05) is 11.3 Å². The SMILES string of the molecule is COc1ccc(OC(C)C(=O)Nc2ccc(-c3nc4ccccc4c(=O)o3)cc2)cc1. The Kier molecular flexibility index (Phi) is 5.66. The van der Waals surface area contributed by atoms with Crippen molar-refractivity contribution in [3.05, 3.63) is 83.2 Å². The highest BCUT2D eigenvalue weighted by molar-refractivity contribution is 5.94. The second kappa shape index (κ2) is 8.71. The molecule has 3 aromatic carbocycles. The van der Waals surface area contributed by atoms with Crippen molar-refractivity contribution in [2.75, 3.05) is 12.4 Å². The summed E-state index contributed by atoms with van der Waals surface area (Å²) in [6, 6.07) is 20.9. The topological polar surface area (TPSA) is 90.7 Å². The van der Waals surface area contributed by atoms with Gasteiger partial charge >= 0.3 is 5.63 Å². The number of nitrogens with zero attached hydrogens (tertiary/aromatic N) is 1. The first-order valence-corrected chi connectivity index (χ1v) is 9.65. The van der Waals surface area contributed by atoms with Crippen molar-refractivity contribution >= 4 is 22.5 Å². The molecule has 1 heterocycles. The van der Waals surface area contributed by atoms with Crippen LogP contribution in [0.4, 0.5) is 5.69 Å². The van der Waals surface area contributed by atoms with E-state index in [2.05, 4.69) is 10.3 Å². The monoisotopic (exact) mass is 416 g/mol. The van der Waals surface area contributed by atoms with Crippen LogP contribution < -0.4 is 20.4 Å². The van der Waals surface area contributed by atoms with E-state index in [1.165, 1.54) is 0 Å². The van der Waals surface area contributed by atoms with Gasteiger partial charge in [-0.2, -0.15) is 0 Å². The number of para-hydroxylation sites is 1. The van der Waals surface area contributed by atoms with Crippen LogP contribution in [0.2, 0.25) is 0 Å². The van der Waals surface area contributed by atoms with E-state index in [1.54, 1.807) is 80.8 Å². The third-order valence-electron chi connectivity index (χ3n) is 4.68. The Labute approximate surface area is 178 Å². The number of benzene rings is 3. The molecule has 0 radical (unpaired) electrons. The lowest BCUT2D eigenvalue weighted by Crippen LogP contribution is -2.30. The van der Waals surface area contributed by atoms with Crippen LogP contribution in [0.5, 0.6) is 11.5 Å². The maximum absolute atomic E-state index is 12.5. The molecule has 4 aromatic rings. The highest BCUT2D eigenvalue weighted by Gasteiger charge is 2.15. The molecule has 1 aromatic heterocycles. The number of anilines is 1. The summed E-state index contributed by atoms with van der Waals surface area (Å²) >= 11 is 0. The first-order valence-electron chi connectivity index (χ1n) is 9.65. The Hall–Kier alpha value is -4.13. The number of rotatable bonds is 6. The van der Waals surface area contributed by atoms with Gasteiger partial charge in [0.05, 0.1) is 18.0 Å². The third kappa shape index (κ3) is 4.56. The molecule has 0 fully saturated rings. The number of carbonyl (C=O) groups is 1. The average Bonchev–Trinajstić information content (AvgIpc) is 2.80. The second-order valence-electron chi connectivity index (χ2n) is 6.83. The molecular formula is C24H20N2O5. The van der Waals surface area contributed by atoms with Gasteiger partial charge in [-0.05, 0) is 67.6 Å². The summed E-state index contributed by atoms with van der Waals surface area (Å²) in [6.07, 6.45) is -0.701. The highest BCUT2D eigenvalue weighted by atomic mass is 16.5. The molecule has 1 N–H and O–H groups in total. The van der Waals surface area contributed by atoms with E-state index in [9.17, 15) is 9.59 Å². The van der Waals surface area contributed by atoms with Crippen LogP contribution in [0.1, 0.15) is 6.92 Å². The Morgan fingerprint density at radius 1 is 0.968 bits per heavy atom. The van der Waals surface area contributed by atoms with Gasteiger partial charge in [-0.25, -0.2) is 9.78 Å². The molecule has 0 spiro atoms. The molecule has 1 atom stereocenters. The molecular weight excluding hydrogens is 396 g/mol. The second-order valence-corrected chi connectivity index (χ2v) is 6.83. The highest BCUT2D eigenvalue weighted by Crippen LogP contribution is 2.22. The van der Waals surface area contributed by atoms with Crippen molar-refractivity contribution in [2.45, 2.75) is 13.0 Å². The number of methoxy groups -OCH3 is 1. The summed E-state index contributed by atoms with van der Waals surface area (Å²) in [4.78, 5) is 29.0. The van der Waals surface area contributed by atoms with Gasteiger partial charge in [0.1, 0.15) is 11.5 Å². The molecule has 7 heteroatoms. The van der Waals surface area contributed by atoms with Gasteiger partial charge in [-0.3, -0.25) is 4.79 Å². The first-order chi connectivity index (χ1) is 15.0. The summed E-state index contributed by atoms with van der Waals surface area (Å²) in [5, 5.41) is 3.23. The Bertz CT molecular complexity index is 1260. The molecule has 0 bridgehead atoms. The van der Waals surface area contributed by atoms with Crippen molar-refractivity contribution in [1.82, 2.24) is 4.98 Å². The van der Waals surface area contributed by atoms with Gasteiger partial charge in [0.15, 0.2) is 6.10 Å². The molecule has 0 aliphatic rings. The maximum Gasteiger partial charge on any atom is 0.347 e. The van der Waals surface area contributed by atoms with Gasteiger partial charge in [-0.1, -0.05) is 12.1 Å². The standard InChI is InChI=1S/C24H20N2O5/c1-15(30-19-13-11-18(29-2)12-14-19)22(27)25-17-9-7-16(8-10-17)23-26-21-6-4-3-5-20(21)24(28)31-23/h3-15H,1-2H3,(H,25,27). The molecule has 1 amide bonds. The Balaban J connectivity index is 1.44. The van der Waals surface area contributed by atoms with Crippen molar-refractivity contribution in [3.8, 4) is 23.0 Å². The minimum atomic E-state index is -0.701. The molecule has 31 heavy (non-hydrogen) atoms. The quantitative estimate of drug-likeness (QED) is 0.505. The van der Waals surface area contributed by atoms with E-state index in [0.717, 1.165) is 0 Å². The van der Waals surface area contributed by atoms with Crippen molar-refractivity contribution < 1.29 is 18.7 Å². The van der Waals surface area contributed by atoms with Gasteiger partial charge < -0.3 is 19.2 Å². The Morgan fingerprint density at radius 2 is 1.65 bits per heavy atom.